The first kappa shape index (κ1) is 16.4. The van der Waals surface area contributed by atoms with Gasteiger partial charge in [-0.25, -0.2) is 9.50 Å². The van der Waals surface area contributed by atoms with E-state index in [1.54, 1.807) is 10.7 Å². The fourth-order valence-electron chi connectivity index (χ4n) is 2.36. The Kier molecular flexibility index (Phi) is 5.30. The first-order valence-electron chi connectivity index (χ1n) is 7.25. The Morgan fingerprint density at radius 1 is 1.17 bits per heavy atom. The van der Waals surface area contributed by atoms with Crippen molar-refractivity contribution >= 4 is 43.3 Å². The largest absolute Gasteiger partial charge is 0.396 e. The number of aliphatic hydroxyl groups is 1. The van der Waals surface area contributed by atoms with Gasteiger partial charge in [0.15, 0.2) is 5.65 Å². The van der Waals surface area contributed by atoms with E-state index >= 15 is 0 Å². The van der Waals surface area contributed by atoms with Gasteiger partial charge in [0.25, 0.3) is 0 Å². The lowest BCUT2D eigenvalue weighted by Crippen LogP contribution is -2.21. The zero-order valence-electron chi connectivity index (χ0n) is 12.3. The van der Waals surface area contributed by atoms with Gasteiger partial charge in [0.05, 0.1) is 10.7 Å². The molecule has 5 nitrogen and oxygen atoms in total. The minimum absolute atomic E-state index is 0.111. The second-order valence-electron chi connectivity index (χ2n) is 5.30. The number of aliphatic hydroxyl groups excluding tert-OH is 1. The quantitative estimate of drug-likeness (QED) is 0.616. The molecule has 0 saturated heterocycles. The third-order valence-corrected chi connectivity index (χ3v) is 4.96. The molecule has 23 heavy (non-hydrogen) atoms. The van der Waals surface area contributed by atoms with E-state index in [9.17, 15) is 5.11 Å². The maximum absolute atomic E-state index is 9.64. The van der Waals surface area contributed by atoms with Crippen LogP contribution in [0, 0.1) is 5.92 Å². The standard InChI is InChI=1S/C16H16Br2N4O/c17-13-4-2-1-3-12(13)7-11(10-23)8-19-15-5-6-22-16(21-15)14(18)9-20-22/h1-6,9,11,23H,7-8,10H2,(H,19,21). The van der Waals surface area contributed by atoms with Crippen LogP contribution in [0.5, 0.6) is 0 Å². The number of nitrogens with one attached hydrogen (secondary N) is 1. The highest BCUT2D eigenvalue weighted by atomic mass is 79.9. The number of anilines is 1. The van der Waals surface area contributed by atoms with Crippen LogP contribution >= 0.6 is 31.9 Å². The van der Waals surface area contributed by atoms with Gasteiger partial charge in [-0.05, 0) is 40.0 Å². The molecule has 2 N–H and O–H groups in total. The maximum atomic E-state index is 9.64. The Morgan fingerprint density at radius 3 is 2.78 bits per heavy atom. The highest BCUT2D eigenvalue weighted by Gasteiger charge is 2.11. The Bertz CT molecular complexity index is 806. The zero-order valence-corrected chi connectivity index (χ0v) is 15.5. The molecule has 1 aromatic carbocycles. The minimum atomic E-state index is 0.111. The summed E-state index contributed by atoms with van der Waals surface area (Å²) in [7, 11) is 0. The second kappa shape index (κ2) is 7.42. The fraction of sp³-hybridized carbons (Fsp3) is 0.250. The second-order valence-corrected chi connectivity index (χ2v) is 7.01. The Labute approximate surface area is 151 Å². The van der Waals surface area contributed by atoms with Crippen LogP contribution in [-0.2, 0) is 6.42 Å². The third-order valence-electron chi connectivity index (χ3n) is 3.62. The first-order valence-corrected chi connectivity index (χ1v) is 8.84. The molecule has 0 aliphatic rings. The number of hydrogen-bond acceptors (Lipinski definition) is 4. The number of fused-ring (bicyclic) bond motifs is 1. The molecule has 0 aliphatic carbocycles. The summed E-state index contributed by atoms with van der Waals surface area (Å²) in [4.78, 5) is 4.52. The van der Waals surface area contributed by atoms with Crippen molar-refractivity contribution in [2.75, 3.05) is 18.5 Å². The van der Waals surface area contributed by atoms with Gasteiger partial charge in [-0.1, -0.05) is 34.1 Å². The van der Waals surface area contributed by atoms with Crippen molar-refractivity contribution in [1.82, 2.24) is 14.6 Å². The van der Waals surface area contributed by atoms with Crippen molar-refractivity contribution in [3.05, 3.63) is 57.2 Å². The van der Waals surface area contributed by atoms with Crippen LogP contribution in [0.3, 0.4) is 0 Å². The fourth-order valence-corrected chi connectivity index (χ4v) is 3.17. The molecule has 3 rings (SSSR count). The minimum Gasteiger partial charge on any atom is -0.396 e. The highest BCUT2D eigenvalue weighted by Crippen LogP contribution is 2.20. The van der Waals surface area contributed by atoms with Crippen LogP contribution < -0.4 is 5.32 Å². The average molecular weight is 440 g/mol. The predicted molar refractivity (Wildman–Crippen MR) is 97.6 cm³/mol. The van der Waals surface area contributed by atoms with Gasteiger partial charge in [-0.2, -0.15) is 5.10 Å². The molecule has 0 amide bonds. The summed E-state index contributed by atoms with van der Waals surface area (Å²) in [5.41, 5.74) is 1.96. The molecule has 2 aromatic heterocycles. The molecular formula is C16H16Br2N4O. The molecule has 0 fully saturated rings. The predicted octanol–water partition coefficient (Wildman–Crippen LogP) is 3.52. The molecule has 1 unspecified atom stereocenters. The highest BCUT2D eigenvalue weighted by molar-refractivity contribution is 9.11. The van der Waals surface area contributed by atoms with E-state index in [-0.39, 0.29) is 12.5 Å². The van der Waals surface area contributed by atoms with E-state index in [2.05, 4.69) is 53.3 Å². The number of nitrogens with zero attached hydrogens (tertiary/aromatic N) is 3. The Hall–Kier alpha value is -1.44. The average Bonchev–Trinajstić information content (AvgIpc) is 2.94. The van der Waals surface area contributed by atoms with Crippen molar-refractivity contribution in [2.24, 2.45) is 5.92 Å². The lowest BCUT2D eigenvalue weighted by atomic mass is 10.00. The molecule has 3 aromatic rings. The summed E-state index contributed by atoms with van der Waals surface area (Å²) in [6.07, 6.45) is 4.37. The van der Waals surface area contributed by atoms with Crippen molar-refractivity contribution < 1.29 is 5.11 Å². The number of aromatic nitrogens is 3. The van der Waals surface area contributed by atoms with Crippen LogP contribution in [0.4, 0.5) is 5.82 Å². The lowest BCUT2D eigenvalue weighted by Gasteiger charge is -2.16. The van der Waals surface area contributed by atoms with Gasteiger partial charge in [-0.3, -0.25) is 0 Å². The summed E-state index contributed by atoms with van der Waals surface area (Å²) in [6.45, 7) is 0.764. The van der Waals surface area contributed by atoms with Gasteiger partial charge in [0.2, 0.25) is 0 Å². The van der Waals surface area contributed by atoms with E-state index in [4.69, 9.17) is 0 Å². The van der Waals surface area contributed by atoms with Crippen LogP contribution in [0.1, 0.15) is 5.56 Å². The summed E-state index contributed by atoms with van der Waals surface area (Å²) in [5.74, 6) is 0.879. The summed E-state index contributed by atoms with van der Waals surface area (Å²) in [6, 6.07) is 9.96. The molecule has 0 aliphatic heterocycles. The summed E-state index contributed by atoms with van der Waals surface area (Å²) < 4.78 is 3.63. The Balaban J connectivity index is 1.67. The van der Waals surface area contributed by atoms with Crippen molar-refractivity contribution in [3.8, 4) is 0 Å². The number of hydrogen-bond donors (Lipinski definition) is 2. The van der Waals surface area contributed by atoms with Crippen LogP contribution in [0.25, 0.3) is 5.65 Å². The molecule has 7 heteroatoms. The monoisotopic (exact) mass is 438 g/mol. The van der Waals surface area contributed by atoms with Gasteiger partial charge < -0.3 is 10.4 Å². The van der Waals surface area contributed by atoms with Crippen molar-refractivity contribution in [1.29, 1.82) is 0 Å². The summed E-state index contributed by atoms with van der Waals surface area (Å²) in [5, 5.41) is 17.1. The number of rotatable bonds is 6. The van der Waals surface area contributed by atoms with Gasteiger partial charge in [0, 0.05) is 29.7 Å². The molecule has 1 atom stereocenters. The molecule has 0 saturated carbocycles. The van der Waals surface area contributed by atoms with Gasteiger partial charge >= 0.3 is 0 Å². The molecule has 0 radical (unpaired) electrons. The topological polar surface area (TPSA) is 62.5 Å². The van der Waals surface area contributed by atoms with E-state index < -0.39 is 0 Å². The van der Waals surface area contributed by atoms with Crippen molar-refractivity contribution in [3.63, 3.8) is 0 Å². The summed E-state index contributed by atoms with van der Waals surface area (Å²) >= 11 is 6.98. The van der Waals surface area contributed by atoms with Gasteiger partial charge in [0.1, 0.15) is 5.82 Å². The van der Waals surface area contributed by atoms with E-state index in [0.29, 0.717) is 6.54 Å². The number of halogens is 2. The molecule has 2 heterocycles. The SMILES string of the molecule is OCC(CNc1ccn2ncc(Br)c2n1)Cc1ccccc1Br. The lowest BCUT2D eigenvalue weighted by molar-refractivity contribution is 0.232. The Morgan fingerprint density at radius 2 is 2.00 bits per heavy atom. The molecule has 0 bridgehead atoms. The van der Waals surface area contributed by atoms with Crippen molar-refractivity contribution in [2.45, 2.75) is 6.42 Å². The molecular weight excluding hydrogens is 424 g/mol. The van der Waals surface area contributed by atoms with E-state index in [0.717, 1.165) is 26.8 Å². The van der Waals surface area contributed by atoms with Crippen LogP contribution in [0.15, 0.2) is 51.7 Å². The normalized spacial score (nSPS) is 12.5. The number of benzene rings is 1. The smallest absolute Gasteiger partial charge is 0.171 e. The van der Waals surface area contributed by atoms with Crippen LogP contribution in [-0.4, -0.2) is 32.9 Å². The molecule has 0 spiro atoms. The van der Waals surface area contributed by atoms with E-state index in [1.165, 1.54) is 5.56 Å². The zero-order chi connectivity index (χ0) is 16.2. The first-order chi connectivity index (χ1) is 11.2. The van der Waals surface area contributed by atoms with Crippen LogP contribution in [0.2, 0.25) is 0 Å². The van der Waals surface area contributed by atoms with E-state index in [1.807, 2.05) is 30.5 Å². The molecule has 120 valence electrons. The maximum Gasteiger partial charge on any atom is 0.171 e. The third kappa shape index (κ3) is 3.91. The van der Waals surface area contributed by atoms with Gasteiger partial charge in [-0.15, -0.1) is 0 Å².